The highest BCUT2D eigenvalue weighted by atomic mass is 35.5. The molecule has 0 bridgehead atoms. The molecule has 0 aromatic heterocycles. The minimum Gasteiger partial charge on any atom is -0.495 e. The van der Waals surface area contributed by atoms with Crippen LogP contribution in [0.3, 0.4) is 0 Å². The summed E-state index contributed by atoms with van der Waals surface area (Å²) < 4.78 is 32.4. The number of hydrogen-bond acceptors (Lipinski definition) is 4. The van der Waals surface area contributed by atoms with Gasteiger partial charge in [-0.05, 0) is 66.3 Å². The SMILES string of the molecule is COc1ccc(-c2cccc(C)c2)cc1S(=O)(=O)Cc1cccc(CCCNC(=O)c2ccccc2Cl)c1. The molecule has 0 radical (unpaired) electrons. The molecule has 4 aromatic rings. The third kappa shape index (κ3) is 6.82. The number of benzene rings is 4. The Hall–Kier alpha value is -3.61. The number of halogens is 1. The van der Waals surface area contributed by atoms with Crippen molar-refractivity contribution in [1.29, 1.82) is 0 Å². The first-order chi connectivity index (χ1) is 18.3. The van der Waals surface area contributed by atoms with Gasteiger partial charge in [0.2, 0.25) is 0 Å². The molecule has 0 heterocycles. The molecule has 38 heavy (non-hydrogen) atoms. The van der Waals surface area contributed by atoms with Crippen molar-refractivity contribution in [1.82, 2.24) is 5.32 Å². The Morgan fingerprint density at radius 1 is 0.868 bits per heavy atom. The van der Waals surface area contributed by atoms with Gasteiger partial charge in [-0.2, -0.15) is 0 Å². The van der Waals surface area contributed by atoms with Crippen molar-refractivity contribution in [3.8, 4) is 16.9 Å². The summed E-state index contributed by atoms with van der Waals surface area (Å²) in [4.78, 5) is 12.5. The van der Waals surface area contributed by atoms with Crippen molar-refractivity contribution in [2.75, 3.05) is 13.7 Å². The summed E-state index contributed by atoms with van der Waals surface area (Å²) in [7, 11) is -2.20. The quantitative estimate of drug-likeness (QED) is 0.225. The first kappa shape index (κ1) is 27.4. The van der Waals surface area contributed by atoms with E-state index in [0.717, 1.165) is 22.3 Å². The van der Waals surface area contributed by atoms with Gasteiger partial charge in [0.1, 0.15) is 10.6 Å². The molecule has 1 N–H and O–H groups in total. The van der Waals surface area contributed by atoms with Crippen molar-refractivity contribution in [3.63, 3.8) is 0 Å². The zero-order valence-corrected chi connectivity index (χ0v) is 23.0. The highest BCUT2D eigenvalue weighted by Crippen LogP contribution is 2.32. The molecule has 4 aromatic carbocycles. The summed E-state index contributed by atoms with van der Waals surface area (Å²) in [5, 5.41) is 3.30. The van der Waals surface area contributed by atoms with Crippen LogP contribution in [0.2, 0.25) is 5.02 Å². The van der Waals surface area contributed by atoms with Gasteiger partial charge in [0.05, 0.1) is 23.4 Å². The molecule has 7 heteroatoms. The molecule has 1 amide bonds. The first-order valence-corrected chi connectivity index (χ1v) is 14.4. The zero-order chi connectivity index (χ0) is 27.1. The number of carbonyl (C=O) groups is 1. The third-order valence-corrected chi connectivity index (χ3v) is 8.28. The van der Waals surface area contributed by atoms with Crippen LogP contribution >= 0.6 is 11.6 Å². The van der Waals surface area contributed by atoms with Gasteiger partial charge in [-0.25, -0.2) is 8.42 Å². The van der Waals surface area contributed by atoms with E-state index in [1.165, 1.54) is 7.11 Å². The summed E-state index contributed by atoms with van der Waals surface area (Å²) in [5.74, 6) is -0.0262. The second-order valence-electron chi connectivity index (χ2n) is 9.15. The van der Waals surface area contributed by atoms with Crippen molar-refractivity contribution in [2.24, 2.45) is 0 Å². The van der Waals surface area contributed by atoms with Crippen LogP contribution in [0.25, 0.3) is 11.1 Å². The standard InChI is InChI=1S/C31H30ClNO4S/c1-22-8-5-12-25(18-22)26-15-16-29(37-2)30(20-26)38(35,36)21-24-10-6-9-23(19-24)11-7-17-33-31(34)27-13-3-4-14-28(27)32/h3-6,8-10,12-16,18-20H,7,11,17,21H2,1-2H3,(H,33,34). The van der Waals surface area contributed by atoms with Crippen LogP contribution in [0.15, 0.2) is 95.9 Å². The Morgan fingerprint density at radius 2 is 1.61 bits per heavy atom. The van der Waals surface area contributed by atoms with Crippen LogP contribution in [0, 0.1) is 6.92 Å². The molecule has 196 valence electrons. The fourth-order valence-corrected chi connectivity index (χ4v) is 6.09. The van der Waals surface area contributed by atoms with Crippen LogP contribution in [0.1, 0.15) is 33.5 Å². The zero-order valence-electron chi connectivity index (χ0n) is 21.4. The maximum absolute atomic E-state index is 13.5. The summed E-state index contributed by atoms with van der Waals surface area (Å²) in [5.41, 5.74) is 5.02. The van der Waals surface area contributed by atoms with Gasteiger partial charge in [0, 0.05) is 6.54 Å². The highest BCUT2D eigenvalue weighted by Gasteiger charge is 2.21. The molecule has 0 atom stereocenters. The highest BCUT2D eigenvalue weighted by molar-refractivity contribution is 7.90. The van der Waals surface area contributed by atoms with Crippen molar-refractivity contribution in [2.45, 2.75) is 30.4 Å². The molecule has 0 saturated carbocycles. The maximum Gasteiger partial charge on any atom is 0.252 e. The van der Waals surface area contributed by atoms with Crippen LogP contribution in [-0.4, -0.2) is 28.0 Å². The Labute approximate surface area is 229 Å². The number of methoxy groups -OCH3 is 1. The number of carbonyl (C=O) groups excluding carboxylic acids is 1. The first-order valence-electron chi connectivity index (χ1n) is 12.4. The largest absolute Gasteiger partial charge is 0.495 e. The van der Waals surface area contributed by atoms with E-state index in [1.54, 1.807) is 36.4 Å². The van der Waals surface area contributed by atoms with Crippen LogP contribution in [0.4, 0.5) is 0 Å². The second kappa shape index (κ2) is 12.3. The number of amides is 1. The molecule has 0 fully saturated rings. The number of rotatable bonds is 10. The minimum atomic E-state index is -3.68. The van der Waals surface area contributed by atoms with Crippen LogP contribution < -0.4 is 10.1 Å². The lowest BCUT2D eigenvalue weighted by Crippen LogP contribution is -2.25. The summed E-state index contributed by atoms with van der Waals surface area (Å²) in [6, 6.07) is 27.7. The Morgan fingerprint density at radius 3 is 2.37 bits per heavy atom. The van der Waals surface area contributed by atoms with E-state index < -0.39 is 9.84 Å². The van der Waals surface area contributed by atoms with Gasteiger partial charge in [-0.15, -0.1) is 0 Å². The van der Waals surface area contributed by atoms with Crippen LogP contribution in [0.5, 0.6) is 5.75 Å². The number of aryl methyl sites for hydroxylation is 2. The molecular weight excluding hydrogens is 518 g/mol. The van der Waals surface area contributed by atoms with E-state index in [9.17, 15) is 13.2 Å². The molecule has 0 aliphatic heterocycles. The summed E-state index contributed by atoms with van der Waals surface area (Å²) >= 11 is 6.09. The van der Waals surface area contributed by atoms with Crippen molar-refractivity contribution >= 4 is 27.3 Å². The van der Waals surface area contributed by atoms with E-state index in [-0.39, 0.29) is 16.6 Å². The molecule has 4 rings (SSSR count). The Bertz CT molecular complexity index is 1550. The number of nitrogens with one attached hydrogen (secondary N) is 1. The smallest absolute Gasteiger partial charge is 0.252 e. The monoisotopic (exact) mass is 547 g/mol. The van der Waals surface area contributed by atoms with Gasteiger partial charge < -0.3 is 10.1 Å². The number of sulfone groups is 1. The predicted octanol–water partition coefficient (Wildman–Crippen LogP) is 6.66. The molecule has 0 unspecified atom stereocenters. The lowest BCUT2D eigenvalue weighted by Gasteiger charge is -2.13. The fraction of sp³-hybridized carbons (Fsp3) is 0.194. The van der Waals surface area contributed by atoms with E-state index in [0.29, 0.717) is 41.3 Å². The molecule has 5 nitrogen and oxygen atoms in total. The molecule has 0 aliphatic rings. The van der Waals surface area contributed by atoms with Crippen LogP contribution in [-0.2, 0) is 22.0 Å². The Kier molecular flexibility index (Phi) is 8.87. The summed E-state index contributed by atoms with van der Waals surface area (Å²) in [6.07, 6.45) is 1.40. The topological polar surface area (TPSA) is 72.5 Å². The van der Waals surface area contributed by atoms with E-state index in [1.807, 2.05) is 61.5 Å². The van der Waals surface area contributed by atoms with Gasteiger partial charge in [0.15, 0.2) is 9.84 Å². The van der Waals surface area contributed by atoms with Crippen molar-refractivity contribution in [3.05, 3.63) is 118 Å². The lowest BCUT2D eigenvalue weighted by molar-refractivity contribution is 0.0953. The van der Waals surface area contributed by atoms with Gasteiger partial charge >= 0.3 is 0 Å². The van der Waals surface area contributed by atoms with E-state index >= 15 is 0 Å². The van der Waals surface area contributed by atoms with E-state index in [4.69, 9.17) is 16.3 Å². The fourth-order valence-electron chi connectivity index (χ4n) is 4.33. The van der Waals surface area contributed by atoms with Gasteiger partial charge in [-0.1, -0.05) is 83.9 Å². The average molecular weight is 548 g/mol. The molecule has 0 saturated heterocycles. The average Bonchev–Trinajstić information content (AvgIpc) is 2.91. The minimum absolute atomic E-state index is 0.141. The molecular formula is C31H30ClNO4S. The predicted molar refractivity (Wildman–Crippen MR) is 153 cm³/mol. The second-order valence-corrected chi connectivity index (χ2v) is 11.5. The number of ether oxygens (including phenoxy) is 1. The maximum atomic E-state index is 13.5. The van der Waals surface area contributed by atoms with E-state index in [2.05, 4.69) is 5.32 Å². The summed E-state index contributed by atoms with van der Waals surface area (Å²) in [6.45, 7) is 2.49. The lowest BCUT2D eigenvalue weighted by atomic mass is 10.0. The Balaban J connectivity index is 1.44. The van der Waals surface area contributed by atoms with Crippen molar-refractivity contribution < 1.29 is 17.9 Å². The van der Waals surface area contributed by atoms with Gasteiger partial charge in [0.25, 0.3) is 5.91 Å². The molecule has 0 spiro atoms. The van der Waals surface area contributed by atoms with Gasteiger partial charge in [-0.3, -0.25) is 4.79 Å². The molecule has 0 aliphatic carbocycles. The third-order valence-electron chi connectivity index (χ3n) is 6.24. The normalized spacial score (nSPS) is 11.2. The number of hydrogen-bond donors (Lipinski definition) is 1.